The molecule has 2 aromatic rings. The monoisotopic (exact) mass is 340 g/mol. The first-order chi connectivity index (χ1) is 12.2. The minimum Gasteiger partial charge on any atom is -0.493 e. The molecule has 0 saturated heterocycles. The van der Waals surface area contributed by atoms with Crippen LogP contribution >= 0.6 is 0 Å². The summed E-state index contributed by atoms with van der Waals surface area (Å²) in [5.41, 5.74) is 3.93. The van der Waals surface area contributed by atoms with E-state index in [0.29, 0.717) is 0 Å². The number of benzene rings is 1. The van der Waals surface area contributed by atoms with Gasteiger partial charge in [-0.1, -0.05) is 12.1 Å². The number of aliphatic imine (C=N–C) groups is 1. The number of nitrogens with zero attached hydrogens (tertiary/aromatic N) is 3. The molecular weight excluding hydrogens is 312 g/mol. The summed E-state index contributed by atoms with van der Waals surface area (Å²) in [6.07, 6.45) is 4.04. The van der Waals surface area contributed by atoms with Crippen LogP contribution in [0.5, 0.6) is 5.75 Å². The van der Waals surface area contributed by atoms with Crippen molar-refractivity contribution in [2.75, 3.05) is 26.7 Å². The van der Waals surface area contributed by atoms with Crippen LogP contribution in [-0.4, -0.2) is 42.2 Å². The van der Waals surface area contributed by atoms with Crippen molar-refractivity contribution in [2.45, 2.75) is 26.3 Å². The van der Waals surface area contributed by atoms with Crippen LogP contribution in [0.25, 0.3) is 0 Å². The maximum absolute atomic E-state index is 5.57. The Morgan fingerprint density at radius 3 is 3.00 bits per heavy atom. The normalized spacial score (nSPS) is 13.5. The summed E-state index contributed by atoms with van der Waals surface area (Å²) >= 11 is 0. The second kappa shape index (κ2) is 8.10. The van der Waals surface area contributed by atoms with Crippen molar-refractivity contribution in [2.24, 2.45) is 12.0 Å². The molecule has 0 saturated carbocycles. The number of rotatable bonds is 6. The lowest BCUT2D eigenvalue weighted by Gasteiger charge is -2.22. The highest BCUT2D eigenvalue weighted by Crippen LogP contribution is 2.25. The van der Waals surface area contributed by atoms with Crippen LogP contribution in [-0.2, 0) is 26.4 Å². The smallest absolute Gasteiger partial charge is 0.194 e. The van der Waals surface area contributed by atoms with E-state index >= 15 is 0 Å². The molecule has 0 radical (unpaired) electrons. The maximum atomic E-state index is 5.57. The van der Waals surface area contributed by atoms with Gasteiger partial charge in [0.25, 0.3) is 0 Å². The Hall–Kier alpha value is -2.43. The Balaban J connectivity index is 1.60. The molecule has 1 aromatic carbocycles. The Kier molecular flexibility index (Phi) is 5.64. The van der Waals surface area contributed by atoms with Crippen LogP contribution in [0, 0.1) is 0 Å². The van der Waals surface area contributed by atoms with Crippen LogP contribution in [0.1, 0.15) is 23.7 Å². The van der Waals surface area contributed by atoms with Crippen molar-refractivity contribution in [1.82, 2.24) is 14.8 Å². The minimum absolute atomic E-state index is 0.777. The zero-order chi connectivity index (χ0) is 17.6. The van der Waals surface area contributed by atoms with Crippen LogP contribution < -0.4 is 10.1 Å². The zero-order valence-electron chi connectivity index (χ0n) is 15.5. The van der Waals surface area contributed by atoms with E-state index in [2.05, 4.69) is 72.3 Å². The molecule has 0 fully saturated rings. The SMILES string of the molecule is CCNC(=NCCc1ccc2c(c1)CCO2)N(C)Cc1cccn1C. The standard InChI is InChI=1S/C20H28N4O/c1-4-21-20(24(3)15-18-6-5-12-23(18)2)22-11-9-16-7-8-19-17(14-16)10-13-25-19/h5-8,12,14H,4,9-11,13,15H2,1-3H3,(H,21,22). The molecule has 0 aliphatic carbocycles. The van der Waals surface area contributed by atoms with Gasteiger partial charge in [0, 0.05) is 45.5 Å². The molecule has 25 heavy (non-hydrogen) atoms. The highest BCUT2D eigenvalue weighted by atomic mass is 16.5. The van der Waals surface area contributed by atoms with Crippen LogP contribution in [0.2, 0.25) is 0 Å². The molecule has 0 bridgehead atoms. The molecule has 1 aliphatic heterocycles. The van der Waals surface area contributed by atoms with Gasteiger partial charge in [-0.2, -0.15) is 0 Å². The topological polar surface area (TPSA) is 41.8 Å². The van der Waals surface area contributed by atoms with Gasteiger partial charge >= 0.3 is 0 Å². The molecule has 1 N–H and O–H groups in total. The summed E-state index contributed by atoms with van der Waals surface area (Å²) in [4.78, 5) is 6.98. The maximum Gasteiger partial charge on any atom is 0.194 e. The van der Waals surface area contributed by atoms with Gasteiger partial charge < -0.3 is 19.5 Å². The predicted octanol–water partition coefficient (Wildman–Crippen LogP) is 2.60. The van der Waals surface area contributed by atoms with Crippen molar-refractivity contribution in [1.29, 1.82) is 0 Å². The molecule has 1 aliphatic rings. The van der Waals surface area contributed by atoms with E-state index in [0.717, 1.165) is 50.8 Å². The van der Waals surface area contributed by atoms with Crippen LogP contribution in [0.4, 0.5) is 0 Å². The van der Waals surface area contributed by atoms with E-state index in [1.54, 1.807) is 0 Å². The van der Waals surface area contributed by atoms with Gasteiger partial charge in [0.1, 0.15) is 5.75 Å². The number of hydrogen-bond acceptors (Lipinski definition) is 2. The van der Waals surface area contributed by atoms with E-state index in [-0.39, 0.29) is 0 Å². The third kappa shape index (κ3) is 4.35. The van der Waals surface area contributed by atoms with E-state index in [1.807, 2.05) is 0 Å². The van der Waals surface area contributed by atoms with Gasteiger partial charge in [0.2, 0.25) is 0 Å². The molecule has 0 unspecified atom stereocenters. The lowest BCUT2D eigenvalue weighted by Crippen LogP contribution is -2.39. The molecule has 2 heterocycles. The first kappa shape index (κ1) is 17.4. The molecule has 3 rings (SSSR count). The predicted molar refractivity (Wildman–Crippen MR) is 102 cm³/mol. The molecule has 134 valence electrons. The van der Waals surface area contributed by atoms with Gasteiger partial charge in [-0.05, 0) is 42.7 Å². The highest BCUT2D eigenvalue weighted by molar-refractivity contribution is 5.79. The van der Waals surface area contributed by atoms with Gasteiger partial charge in [0.05, 0.1) is 13.2 Å². The largest absolute Gasteiger partial charge is 0.493 e. The summed E-state index contributed by atoms with van der Waals surface area (Å²) in [6, 6.07) is 10.7. The second-order valence-electron chi connectivity index (χ2n) is 6.49. The number of aryl methyl sites for hydroxylation is 1. The second-order valence-corrected chi connectivity index (χ2v) is 6.49. The van der Waals surface area contributed by atoms with Crippen LogP contribution in [0.15, 0.2) is 41.5 Å². The van der Waals surface area contributed by atoms with Crippen LogP contribution in [0.3, 0.4) is 0 Å². The summed E-state index contributed by atoms with van der Waals surface area (Å²) in [7, 11) is 4.16. The number of guanidine groups is 1. The fraction of sp³-hybridized carbons (Fsp3) is 0.450. The molecule has 0 amide bonds. The van der Waals surface area contributed by atoms with Crippen molar-refractivity contribution in [3.8, 4) is 5.75 Å². The van der Waals surface area contributed by atoms with E-state index in [1.165, 1.54) is 16.8 Å². The molecule has 1 aromatic heterocycles. The third-order valence-electron chi connectivity index (χ3n) is 4.56. The lowest BCUT2D eigenvalue weighted by atomic mass is 10.1. The zero-order valence-corrected chi connectivity index (χ0v) is 15.5. The average molecular weight is 340 g/mol. The third-order valence-corrected chi connectivity index (χ3v) is 4.56. The fourth-order valence-corrected chi connectivity index (χ4v) is 3.13. The molecule has 0 spiro atoms. The first-order valence-electron chi connectivity index (χ1n) is 9.01. The van der Waals surface area contributed by atoms with E-state index < -0.39 is 0 Å². The minimum atomic E-state index is 0.777. The first-order valence-corrected chi connectivity index (χ1v) is 9.01. The van der Waals surface area contributed by atoms with Crippen molar-refractivity contribution in [3.05, 3.63) is 53.3 Å². The lowest BCUT2D eigenvalue weighted by molar-refractivity contribution is 0.357. The van der Waals surface area contributed by atoms with E-state index in [9.17, 15) is 0 Å². The van der Waals surface area contributed by atoms with Gasteiger partial charge in [-0.3, -0.25) is 4.99 Å². The quantitative estimate of drug-likeness (QED) is 0.649. The van der Waals surface area contributed by atoms with Gasteiger partial charge in [-0.25, -0.2) is 0 Å². The number of hydrogen-bond donors (Lipinski definition) is 1. The molecule has 5 heteroatoms. The van der Waals surface area contributed by atoms with Gasteiger partial charge in [-0.15, -0.1) is 0 Å². The van der Waals surface area contributed by atoms with Gasteiger partial charge in [0.15, 0.2) is 5.96 Å². The summed E-state index contributed by atoms with van der Waals surface area (Å²) in [6.45, 7) is 5.40. The number of aromatic nitrogens is 1. The molecular formula is C20H28N4O. The Morgan fingerprint density at radius 1 is 1.36 bits per heavy atom. The number of nitrogens with one attached hydrogen (secondary N) is 1. The molecule has 0 atom stereocenters. The van der Waals surface area contributed by atoms with E-state index in [4.69, 9.17) is 9.73 Å². The average Bonchev–Trinajstić information content (AvgIpc) is 3.23. The highest BCUT2D eigenvalue weighted by Gasteiger charge is 2.12. The summed E-state index contributed by atoms with van der Waals surface area (Å²) < 4.78 is 7.72. The van der Waals surface area contributed by atoms with Crippen molar-refractivity contribution < 1.29 is 4.74 Å². The summed E-state index contributed by atoms with van der Waals surface area (Å²) in [5, 5.41) is 3.39. The Morgan fingerprint density at radius 2 is 2.24 bits per heavy atom. The molecule has 5 nitrogen and oxygen atoms in total. The number of ether oxygens (including phenoxy) is 1. The Labute approximate surface area is 150 Å². The number of fused-ring (bicyclic) bond motifs is 1. The fourth-order valence-electron chi connectivity index (χ4n) is 3.13. The van der Waals surface area contributed by atoms with Crippen molar-refractivity contribution >= 4 is 5.96 Å². The Bertz CT molecular complexity index is 735. The summed E-state index contributed by atoms with van der Waals surface area (Å²) in [5.74, 6) is 2.00. The van der Waals surface area contributed by atoms with Crippen molar-refractivity contribution in [3.63, 3.8) is 0 Å².